The second-order valence-electron chi connectivity index (χ2n) is 4.89. The van der Waals surface area contributed by atoms with Gasteiger partial charge in [-0.3, -0.25) is 4.79 Å². The van der Waals surface area contributed by atoms with Crippen molar-refractivity contribution in [3.8, 4) is 5.75 Å². The second-order valence-corrected chi connectivity index (χ2v) is 4.89. The van der Waals surface area contributed by atoms with Crippen LogP contribution in [0.3, 0.4) is 0 Å². The first kappa shape index (κ1) is 11.9. The molecule has 4 heteroatoms. The number of amides is 1. The van der Waals surface area contributed by atoms with Crippen molar-refractivity contribution >= 4 is 5.91 Å². The summed E-state index contributed by atoms with van der Waals surface area (Å²) in [6, 6.07) is 6.89. The molecule has 0 radical (unpaired) electrons. The van der Waals surface area contributed by atoms with Crippen LogP contribution in [0.25, 0.3) is 0 Å². The molecule has 2 N–H and O–H groups in total. The van der Waals surface area contributed by atoms with Gasteiger partial charge in [0.1, 0.15) is 5.75 Å². The lowest BCUT2D eigenvalue weighted by Crippen LogP contribution is -2.48. The molecule has 17 heavy (non-hydrogen) atoms. The van der Waals surface area contributed by atoms with E-state index >= 15 is 0 Å². The number of benzene rings is 1. The smallest absolute Gasteiger partial charge is 0.224 e. The Bertz CT molecular complexity index is 413. The molecule has 0 aromatic heterocycles. The molecule has 0 atom stereocenters. The lowest BCUT2D eigenvalue weighted by atomic mass is 9.89. The van der Waals surface area contributed by atoms with Crippen LogP contribution in [0, 0.1) is 5.41 Å². The van der Waals surface area contributed by atoms with Crippen molar-refractivity contribution in [3.05, 3.63) is 29.8 Å². The van der Waals surface area contributed by atoms with Gasteiger partial charge in [0.2, 0.25) is 5.91 Å². The number of nitrogens with one attached hydrogen (secondary N) is 1. The van der Waals surface area contributed by atoms with E-state index in [-0.39, 0.29) is 23.5 Å². The zero-order valence-electron chi connectivity index (χ0n) is 9.90. The lowest BCUT2D eigenvalue weighted by molar-refractivity contribution is -0.126. The molecule has 92 valence electrons. The predicted octanol–water partition coefficient (Wildman–Crippen LogP) is 1.09. The van der Waals surface area contributed by atoms with Gasteiger partial charge in [0.05, 0.1) is 19.6 Å². The van der Waals surface area contributed by atoms with E-state index in [0.29, 0.717) is 25.3 Å². The number of ether oxygens (including phenoxy) is 1. The van der Waals surface area contributed by atoms with E-state index in [4.69, 9.17) is 4.74 Å². The molecule has 2 rings (SSSR count). The molecule has 1 aliphatic heterocycles. The molecule has 1 heterocycles. The Morgan fingerprint density at radius 1 is 1.47 bits per heavy atom. The third-order valence-corrected chi connectivity index (χ3v) is 2.96. The summed E-state index contributed by atoms with van der Waals surface area (Å²) in [6.45, 7) is 4.10. The molecular weight excluding hydrogens is 218 g/mol. The molecule has 1 aromatic carbocycles. The third kappa shape index (κ3) is 2.97. The zero-order chi connectivity index (χ0) is 12.3. The van der Waals surface area contributed by atoms with Crippen molar-refractivity contribution < 1.29 is 14.6 Å². The van der Waals surface area contributed by atoms with Crippen molar-refractivity contribution in [3.63, 3.8) is 0 Å². The molecule has 0 saturated carbocycles. The lowest BCUT2D eigenvalue weighted by Gasteiger charge is -2.38. The van der Waals surface area contributed by atoms with E-state index in [2.05, 4.69) is 12.2 Å². The van der Waals surface area contributed by atoms with E-state index < -0.39 is 0 Å². The van der Waals surface area contributed by atoms with Crippen molar-refractivity contribution in [2.24, 2.45) is 5.41 Å². The average Bonchev–Trinajstić information content (AvgIpc) is 2.27. The number of hydrogen-bond acceptors (Lipinski definition) is 3. The molecular formula is C13H17NO3. The third-order valence-electron chi connectivity index (χ3n) is 2.96. The Labute approximate surface area is 101 Å². The molecule has 4 nitrogen and oxygen atoms in total. The summed E-state index contributed by atoms with van der Waals surface area (Å²) in [5.74, 6) is 0.0977. The molecule has 1 fully saturated rings. The van der Waals surface area contributed by atoms with Crippen LogP contribution in [0.2, 0.25) is 0 Å². The number of hydrogen-bond donors (Lipinski definition) is 2. The van der Waals surface area contributed by atoms with Gasteiger partial charge in [-0.1, -0.05) is 25.1 Å². The monoisotopic (exact) mass is 235 g/mol. The fourth-order valence-corrected chi connectivity index (χ4v) is 1.76. The maximum atomic E-state index is 11.7. The Morgan fingerprint density at radius 3 is 2.76 bits per heavy atom. The Morgan fingerprint density at radius 2 is 2.18 bits per heavy atom. The van der Waals surface area contributed by atoms with E-state index in [0.717, 1.165) is 0 Å². The van der Waals surface area contributed by atoms with Crippen LogP contribution in [0.15, 0.2) is 24.3 Å². The van der Waals surface area contributed by atoms with Crippen LogP contribution < -0.4 is 5.32 Å². The summed E-state index contributed by atoms with van der Waals surface area (Å²) in [7, 11) is 0. The maximum absolute atomic E-state index is 11.7. The van der Waals surface area contributed by atoms with E-state index in [1.54, 1.807) is 18.2 Å². The first-order valence-electron chi connectivity index (χ1n) is 5.70. The molecule has 0 aliphatic carbocycles. The highest BCUT2D eigenvalue weighted by Gasteiger charge is 2.33. The first-order valence-corrected chi connectivity index (χ1v) is 5.70. The summed E-state index contributed by atoms with van der Waals surface area (Å²) in [4.78, 5) is 11.7. The largest absolute Gasteiger partial charge is 0.508 e. The van der Waals surface area contributed by atoms with Crippen molar-refractivity contribution in [2.75, 3.05) is 19.8 Å². The minimum Gasteiger partial charge on any atom is -0.508 e. The van der Waals surface area contributed by atoms with Crippen LogP contribution >= 0.6 is 0 Å². The second kappa shape index (κ2) is 4.75. The van der Waals surface area contributed by atoms with Gasteiger partial charge in [0.25, 0.3) is 0 Å². The van der Waals surface area contributed by atoms with Gasteiger partial charge in [-0.05, 0) is 6.07 Å². The SMILES string of the molecule is CC1(CNC(=O)Cc2ccccc2O)COC1. The van der Waals surface area contributed by atoms with Gasteiger partial charge in [-0.25, -0.2) is 0 Å². The Hall–Kier alpha value is -1.55. The molecule has 0 bridgehead atoms. The van der Waals surface area contributed by atoms with E-state index in [9.17, 15) is 9.90 Å². The number of aromatic hydroxyl groups is 1. The zero-order valence-corrected chi connectivity index (χ0v) is 9.90. The fraction of sp³-hybridized carbons (Fsp3) is 0.462. The molecule has 0 spiro atoms. The highest BCUT2D eigenvalue weighted by Crippen LogP contribution is 2.25. The summed E-state index contributed by atoms with van der Waals surface area (Å²) < 4.78 is 5.12. The van der Waals surface area contributed by atoms with Crippen molar-refractivity contribution in [1.82, 2.24) is 5.32 Å². The van der Waals surface area contributed by atoms with E-state index in [1.807, 2.05) is 6.07 Å². The molecule has 1 aliphatic rings. The standard InChI is InChI=1S/C13H17NO3/c1-13(8-17-9-13)7-14-12(16)6-10-4-2-3-5-11(10)15/h2-5,15H,6-9H2,1H3,(H,14,16). The summed E-state index contributed by atoms with van der Waals surface area (Å²) in [6.07, 6.45) is 0.212. The van der Waals surface area contributed by atoms with Crippen LogP contribution in [-0.4, -0.2) is 30.8 Å². The Balaban J connectivity index is 1.83. The maximum Gasteiger partial charge on any atom is 0.224 e. The van der Waals surface area contributed by atoms with Crippen molar-refractivity contribution in [1.29, 1.82) is 0 Å². The summed E-state index contributed by atoms with van der Waals surface area (Å²) in [5.41, 5.74) is 0.731. The van der Waals surface area contributed by atoms with Crippen LogP contribution in [0.5, 0.6) is 5.75 Å². The molecule has 0 unspecified atom stereocenters. The van der Waals surface area contributed by atoms with Gasteiger partial charge in [-0.2, -0.15) is 0 Å². The number of carbonyl (C=O) groups is 1. The van der Waals surface area contributed by atoms with Crippen LogP contribution in [0.4, 0.5) is 0 Å². The minimum atomic E-state index is -0.0698. The number of phenolic OH excluding ortho intramolecular Hbond substituents is 1. The van der Waals surface area contributed by atoms with Gasteiger partial charge in [-0.15, -0.1) is 0 Å². The fourth-order valence-electron chi connectivity index (χ4n) is 1.76. The highest BCUT2D eigenvalue weighted by molar-refractivity contribution is 5.79. The number of phenols is 1. The van der Waals surface area contributed by atoms with Crippen molar-refractivity contribution in [2.45, 2.75) is 13.3 Å². The minimum absolute atomic E-state index is 0.0698. The Kier molecular flexibility index (Phi) is 3.33. The predicted molar refractivity (Wildman–Crippen MR) is 63.7 cm³/mol. The first-order chi connectivity index (χ1) is 8.09. The summed E-state index contributed by atoms with van der Waals surface area (Å²) in [5, 5.41) is 12.4. The van der Waals surface area contributed by atoms with E-state index in [1.165, 1.54) is 0 Å². The van der Waals surface area contributed by atoms with Crippen LogP contribution in [0.1, 0.15) is 12.5 Å². The van der Waals surface area contributed by atoms with Gasteiger partial charge in [0, 0.05) is 17.5 Å². The van der Waals surface area contributed by atoms with Gasteiger partial charge >= 0.3 is 0 Å². The topological polar surface area (TPSA) is 58.6 Å². The average molecular weight is 235 g/mol. The quantitative estimate of drug-likeness (QED) is 0.821. The van der Waals surface area contributed by atoms with Gasteiger partial charge < -0.3 is 15.2 Å². The van der Waals surface area contributed by atoms with Gasteiger partial charge in [0.15, 0.2) is 0 Å². The number of para-hydroxylation sites is 1. The number of carbonyl (C=O) groups excluding carboxylic acids is 1. The summed E-state index contributed by atoms with van der Waals surface area (Å²) >= 11 is 0. The molecule has 1 amide bonds. The highest BCUT2D eigenvalue weighted by atomic mass is 16.5. The van der Waals surface area contributed by atoms with Crippen LogP contribution in [-0.2, 0) is 16.0 Å². The molecule has 1 saturated heterocycles. The molecule has 1 aromatic rings. The normalized spacial score (nSPS) is 17.2. The number of rotatable bonds is 4.